The van der Waals surface area contributed by atoms with E-state index in [9.17, 15) is 4.39 Å². The van der Waals surface area contributed by atoms with Gasteiger partial charge in [-0.2, -0.15) is 0 Å². The summed E-state index contributed by atoms with van der Waals surface area (Å²) in [7, 11) is 0. The molecule has 0 bridgehead atoms. The van der Waals surface area contributed by atoms with Crippen molar-refractivity contribution in [2.75, 3.05) is 6.67 Å². The van der Waals surface area contributed by atoms with Crippen LogP contribution in [0.1, 0.15) is 16.7 Å². The molecule has 3 aromatic rings. The maximum atomic E-state index is 14.4. The van der Waals surface area contributed by atoms with Gasteiger partial charge in [-0.3, -0.25) is 0 Å². The van der Waals surface area contributed by atoms with Gasteiger partial charge in [0.25, 0.3) is 0 Å². The average molecular weight is 317 g/mol. The number of rotatable bonds is 3. The molecule has 1 aliphatic heterocycles. The van der Waals surface area contributed by atoms with Crippen LogP contribution in [0.15, 0.2) is 89.9 Å². The standard InChI is InChI=1S/C21H16FNO/c22-15-21(17-11-5-2-6-12-17)18-13-7-8-14-19(18)23-20(24-21)16-9-3-1-4-10-16/h1-14H,15H2. The van der Waals surface area contributed by atoms with Crippen molar-refractivity contribution in [1.82, 2.24) is 0 Å². The quantitative estimate of drug-likeness (QED) is 0.665. The Morgan fingerprint density at radius 2 is 1.42 bits per heavy atom. The number of ether oxygens (including phenoxy) is 1. The van der Waals surface area contributed by atoms with Gasteiger partial charge in [-0.15, -0.1) is 0 Å². The van der Waals surface area contributed by atoms with Gasteiger partial charge in [0.2, 0.25) is 5.90 Å². The summed E-state index contributed by atoms with van der Waals surface area (Å²) in [6, 6.07) is 26.7. The van der Waals surface area contributed by atoms with Gasteiger partial charge < -0.3 is 4.74 Å². The third-order valence-corrected chi connectivity index (χ3v) is 4.28. The molecule has 3 heteroatoms. The van der Waals surface area contributed by atoms with Crippen LogP contribution in [0.2, 0.25) is 0 Å². The molecule has 0 saturated heterocycles. The van der Waals surface area contributed by atoms with Crippen molar-refractivity contribution in [3.05, 3.63) is 102 Å². The number of halogens is 1. The van der Waals surface area contributed by atoms with Crippen molar-refractivity contribution < 1.29 is 9.13 Å². The Morgan fingerprint density at radius 3 is 2.12 bits per heavy atom. The molecule has 1 unspecified atom stereocenters. The van der Waals surface area contributed by atoms with E-state index in [1.54, 1.807) is 0 Å². The van der Waals surface area contributed by atoms with Crippen LogP contribution in [0.5, 0.6) is 0 Å². The molecule has 1 aliphatic rings. The van der Waals surface area contributed by atoms with Gasteiger partial charge in [0.1, 0.15) is 6.67 Å². The first-order chi connectivity index (χ1) is 11.8. The number of para-hydroxylation sites is 1. The van der Waals surface area contributed by atoms with Crippen molar-refractivity contribution in [3.8, 4) is 0 Å². The fourth-order valence-corrected chi connectivity index (χ4v) is 3.07. The lowest BCUT2D eigenvalue weighted by Gasteiger charge is -2.37. The second kappa shape index (κ2) is 5.93. The molecule has 2 nitrogen and oxygen atoms in total. The van der Waals surface area contributed by atoms with Gasteiger partial charge in [0, 0.05) is 16.7 Å². The summed E-state index contributed by atoms with van der Waals surface area (Å²) in [4.78, 5) is 4.61. The Hall–Kier alpha value is -2.94. The summed E-state index contributed by atoms with van der Waals surface area (Å²) in [6.45, 7) is -0.667. The number of aliphatic imine (C=N–C) groups is 1. The van der Waals surface area contributed by atoms with E-state index in [1.807, 2.05) is 84.9 Å². The number of hydrogen-bond acceptors (Lipinski definition) is 2. The zero-order valence-electron chi connectivity index (χ0n) is 13.0. The first-order valence-corrected chi connectivity index (χ1v) is 7.87. The predicted molar refractivity (Wildman–Crippen MR) is 93.4 cm³/mol. The number of nitrogens with zero attached hydrogens (tertiary/aromatic N) is 1. The Bertz CT molecular complexity index is 877. The van der Waals surface area contributed by atoms with Crippen molar-refractivity contribution in [3.63, 3.8) is 0 Å². The Morgan fingerprint density at radius 1 is 0.792 bits per heavy atom. The maximum absolute atomic E-state index is 14.4. The molecule has 0 fully saturated rings. The first-order valence-electron chi connectivity index (χ1n) is 7.87. The van der Waals surface area contributed by atoms with Gasteiger partial charge in [-0.1, -0.05) is 66.7 Å². The third-order valence-electron chi connectivity index (χ3n) is 4.28. The topological polar surface area (TPSA) is 21.6 Å². The van der Waals surface area contributed by atoms with E-state index < -0.39 is 12.3 Å². The highest BCUT2D eigenvalue weighted by Crippen LogP contribution is 2.43. The van der Waals surface area contributed by atoms with Crippen LogP contribution in [0.4, 0.5) is 10.1 Å². The molecule has 0 aromatic heterocycles. The van der Waals surface area contributed by atoms with Crippen molar-refractivity contribution in [2.45, 2.75) is 5.60 Å². The fourth-order valence-electron chi connectivity index (χ4n) is 3.07. The molecule has 118 valence electrons. The summed E-state index contributed by atoms with van der Waals surface area (Å²) >= 11 is 0. The number of hydrogen-bond donors (Lipinski definition) is 0. The third kappa shape index (κ3) is 2.29. The zero-order valence-corrected chi connectivity index (χ0v) is 13.0. The lowest BCUT2D eigenvalue weighted by atomic mass is 9.85. The largest absolute Gasteiger partial charge is 0.458 e. The van der Waals surface area contributed by atoms with Crippen LogP contribution in [0.3, 0.4) is 0 Å². The molecule has 0 aliphatic carbocycles. The number of alkyl halides is 1. The summed E-state index contributed by atoms with van der Waals surface area (Å²) in [5.41, 5.74) is 1.93. The van der Waals surface area contributed by atoms with Crippen LogP contribution in [-0.4, -0.2) is 12.6 Å². The summed E-state index contributed by atoms with van der Waals surface area (Å²) in [5.74, 6) is 0.441. The van der Waals surface area contributed by atoms with E-state index in [1.165, 1.54) is 0 Å². The fraction of sp³-hybridized carbons (Fsp3) is 0.0952. The van der Waals surface area contributed by atoms with E-state index in [0.717, 1.165) is 22.4 Å². The highest BCUT2D eigenvalue weighted by molar-refractivity contribution is 5.97. The second-order valence-corrected chi connectivity index (χ2v) is 5.73. The van der Waals surface area contributed by atoms with Crippen molar-refractivity contribution in [1.29, 1.82) is 0 Å². The Balaban J connectivity index is 1.94. The molecule has 0 N–H and O–H groups in total. The minimum atomic E-state index is -1.18. The SMILES string of the molecule is FCC1(c2ccccc2)OC(c2ccccc2)=Nc2ccccc21. The van der Waals surface area contributed by atoms with E-state index in [4.69, 9.17) is 4.74 Å². The van der Waals surface area contributed by atoms with Crippen LogP contribution >= 0.6 is 0 Å². The van der Waals surface area contributed by atoms with E-state index in [2.05, 4.69) is 4.99 Å². The molecule has 24 heavy (non-hydrogen) atoms. The summed E-state index contributed by atoms with van der Waals surface area (Å²) < 4.78 is 20.6. The van der Waals surface area contributed by atoms with Gasteiger partial charge in [-0.25, -0.2) is 9.38 Å². The first kappa shape index (κ1) is 14.6. The minimum absolute atomic E-state index is 0.441. The van der Waals surface area contributed by atoms with Crippen LogP contribution < -0.4 is 0 Å². The monoisotopic (exact) mass is 317 g/mol. The summed E-state index contributed by atoms with van der Waals surface area (Å²) in [6.07, 6.45) is 0. The Labute approximate surface area is 140 Å². The summed E-state index contributed by atoms with van der Waals surface area (Å²) in [5, 5.41) is 0. The zero-order chi connectivity index (χ0) is 16.4. The normalized spacial score (nSPS) is 19.1. The van der Waals surface area contributed by atoms with E-state index in [0.29, 0.717) is 5.90 Å². The van der Waals surface area contributed by atoms with Gasteiger partial charge in [0.05, 0.1) is 5.69 Å². The van der Waals surface area contributed by atoms with Gasteiger partial charge in [0.15, 0.2) is 5.60 Å². The number of fused-ring (bicyclic) bond motifs is 1. The average Bonchev–Trinajstić information content (AvgIpc) is 2.68. The number of benzene rings is 3. The minimum Gasteiger partial charge on any atom is -0.458 e. The van der Waals surface area contributed by atoms with Crippen LogP contribution in [-0.2, 0) is 10.3 Å². The molecule has 0 saturated carbocycles. The van der Waals surface area contributed by atoms with Crippen molar-refractivity contribution >= 4 is 11.6 Å². The molecule has 1 heterocycles. The smallest absolute Gasteiger partial charge is 0.222 e. The lowest BCUT2D eigenvalue weighted by Crippen LogP contribution is -2.38. The van der Waals surface area contributed by atoms with E-state index >= 15 is 0 Å². The van der Waals surface area contributed by atoms with Crippen LogP contribution in [0.25, 0.3) is 0 Å². The van der Waals surface area contributed by atoms with Gasteiger partial charge >= 0.3 is 0 Å². The lowest BCUT2D eigenvalue weighted by molar-refractivity contribution is 0.0637. The highest BCUT2D eigenvalue weighted by atomic mass is 19.1. The van der Waals surface area contributed by atoms with Crippen molar-refractivity contribution in [2.24, 2.45) is 4.99 Å². The molecular formula is C21H16FNO. The molecule has 0 amide bonds. The van der Waals surface area contributed by atoms with E-state index in [-0.39, 0.29) is 0 Å². The molecule has 0 spiro atoms. The molecular weight excluding hydrogens is 301 g/mol. The Kier molecular flexibility index (Phi) is 3.62. The van der Waals surface area contributed by atoms with Gasteiger partial charge in [-0.05, 0) is 18.2 Å². The molecule has 3 aromatic carbocycles. The second-order valence-electron chi connectivity index (χ2n) is 5.73. The molecule has 1 atom stereocenters. The molecule has 4 rings (SSSR count). The maximum Gasteiger partial charge on any atom is 0.222 e. The predicted octanol–water partition coefficient (Wildman–Crippen LogP) is 5.01. The molecule has 0 radical (unpaired) electrons. The highest BCUT2D eigenvalue weighted by Gasteiger charge is 2.42. The van der Waals surface area contributed by atoms with Crippen LogP contribution in [0, 0.1) is 0 Å².